The highest BCUT2D eigenvalue weighted by Gasteiger charge is 2.47. The third-order valence-corrected chi connectivity index (χ3v) is 3.40. The number of carbonyl (C=O) groups excluding carboxylic acids is 3. The van der Waals surface area contributed by atoms with E-state index >= 15 is 0 Å². The van der Waals surface area contributed by atoms with Crippen LogP contribution in [0.3, 0.4) is 0 Å². The molecule has 0 spiro atoms. The first-order chi connectivity index (χ1) is 7.94. The third kappa shape index (κ3) is 2.65. The lowest BCUT2D eigenvalue weighted by atomic mass is 9.75. The Hall–Kier alpha value is -1.39. The van der Waals surface area contributed by atoms with Crippen LogP contribution >= 0.6 is 0 Å². The van der Waals surface area contributed by atoms with Crippen molar-refractivity contribution in [1.82, 2.24) is 4.90 Å². The molecule has 17 heavy (non-hydrogen) atoms. The lowest BCUT2D eigenvalue weighted by Crippen LogP contribution is -2.50. The van der Waals surface area contributed by atoms with Crippen LogP contribution in [0.25, 0.3) is 0 Å². The summed E-state index contributed by atoms with van der Waals surface area (Å²) < 4.78 is 4.98. The van der Waals surface area contributed by atoms with E-state index in [4.69, 9.17) is 4.74 Å². The number of ketones is 1. The average Bonchev–Trinajstić information content (AvgIpc) is 2.29. The van der Waals surface area contributed by atoms with Gasteiger partial charge >= 0.3 is 5.97 Å². The van der Waals surface area contributed by atoms with E-state index in [-0.39, 0.29) is 18.3 Å². The van der Waals surface area contributed by atoms with Crippen molar-refractivity contribution in [1.29, 1.82) is 0 Å². The van der Waals surface area contributed by atoms with Gasteiger partial charge in [0, 0.05) is 20.0 Å². The van der Waals surface area contributed by atoms with Crippen molar-refractivity contribution in [3.05, 3.63) is 0 Å². The fourth-order valence-electron chi connectivity index (χ4n) is 2.17. The molecule has 1 amide bonds. The van der Waals surface area contributed by atoms with E-state index < -0.39 is 11.4 Å². The summed E-state index contributed by atoms with van der Waals surface area (Å²) in [6.45, 7) is 5.77. The molecule has 0 radical (unpaired) electrons. The molecule has 1 aliphatic heterocycles. The second-order valence-electron chi connectivity index (χ2n) is 4.36. The van der Waals surface area contributed by atoms with E-state index in [1.54, 1.807) is 11.8 Å². The first-order valence-electron chi connectivity index (χ1n) is 5.88. The van der Waals surface area contributed by atoms with Crippen LogP contribution in [0.2, 0.25) is 0 Å². The molecule has 1 heterocycles. The Labute approximate surface area is 101 Å². The van der Waals surface area contributed by atoms with Crippen LogP contribution in [0.1, 0.15) is 33.6 Å². The number of hydrogen-bond donors (Lipinski definition) is 0. The van der Waals surface area contributed by atoms with Crippen LogP contribution in [0.15, 0.2) is 0 Å². The Morgan fingerprint density at radius 3 is 2.06 bits per heavy atom. The van der Waals surface area contributed by atoms with Crippen molar-refractivity contribution in [2.24, 2.45) is 5.41 Å². The maximum Gasteiger partial charge on any atom is 0.319 e. The topological polar surface area (TPSA) is 63.7 Å². The first-order valence-corrected chi connectivity index (χ1v) is 5.88. The number of nitrogens with zero attached hydrogens (tertiary/aromatic N) is 1. The normalized spacial score (nSPS) is 18.6. The lowest BCUT2D eigenvalue weighted by Gasteiger charge is -2.37. The van der Waals surface area contributed by atoms with Crippen LogP contribution in [0.4, 0.5) is 0 Å². The summed E-state index contributed by atoms with van der Waals surface area (Å²) in [7, 11) is 0. The molecular weight excluding hydrogens is 222 g/mol. The number of piperidine rings is 1. The summed E-state index contributed by atoms with van der Waals surface area (Å²) in [4.78, 5) is 36.5. The number of rotatable bonds is 3. The van der Waals surface area contributed by atoms with Gasteiger partial charge in [0.1, 0.15) is 11.2 Å². The maximum atomic E-state index is 11.9. The first kappa shape index (κ1) is 13.7. The molecule has 1 rings (SSSR count). The SMILES string of the molecule is CCOC(=O)C1(C(C)=O)CCN(C(C)=O)CC1. The average molecular weight is 241 g/mol. The van der Waals surface area contributed by atoms with Crippen molar-refractivity contribution in [3.63, 3.8) is 0 Å². The lowest BCUT2D eigenvalue weighted by molar-refractivity contribution is -0.164. The summed E-state index contributed by atoms with van der Waals surface area (Å²) in [6.07, 6.45) is 0.724. The van der Waals surface area contributed by atoms with Crippen LogP contribution in [0, 0.1) is 5.41 Å². The van der Waals surface area contributed by atoms with Gasteiger partial charge in [0.05, 0.1) is 6.61 Å². The third-order valence-electron chi connectivity index (χ3n) is 3.40. The van der Waals surface area contributed by atoms with Crippen molar-refractivity contribution in [2.75, 3.05) is 19.7 Å². The monoisotopic (exact) mass is 241 g/mol. The highest BCUT2D eigenvalue weighted by atomic mass is 16.5. The second-order valence-corrected chi connectivity index (χ2v) is 4.36. The standard InChI is InChI=1S/C12H19NO4/c1-4-17-11(16)12(9(2)14)5-7-13(8-6-12)10(3)15/h4-8H2,1-3H3. The van der Waals surface area contributed by atoms with Crippen LogP contribution in [-0.2, 0) is 19.1 Å². The van der Waals surface area contributed by atoms with E-state index in [2.05, 4.69) is 0 Å². The number of Topliss-reactive ketones (excluding diaryl/α,β-unsaturated/α-hetero) is 1. The summed E-state index contributed by atoms with van der Waals surface area (Å²) in [5.41, 5.74) is -1.04. The Balaban J connectivity index is 2.80. The smallest absolute Gasteiger partial charge is 0.319 e. The van der Waals surface area contributed by atoms with Gasteiger partial charge in [-0.05, 0) is 26.7 Å². The van der Waals surface area contributed by atoms with Gasteiger partial charge in [-0.15, -0.1) is 0 Å². The van der Waals surface area contributed by atoms with Gasteiger partial charge in [-0.3, -0.25) is 14.4 Å². The Morgan fingerprint density at radius 1 is 1.18 bits per heavy atom. The predicted octanol–water partition coefficient (Wildman–Crippen LogP) is 0.767. The van der Waals surface area contributed by atoms with Gasteiger partial charge in [-0.1, -0.05) is 0 Å². The molecule has 1 saturated heterocycles. The Morgan fingerprint density at radius 2 is 1.71 bits per heavy atom. The van der Waals surface area contributed by atoms with Gasteiger partial charge in [0.2, 0.25) is 5.91 Å². The Bertz CT molecular complexity index is 329. The van der Waals surface area contributed by atoms with Crippen molar-refractivity contribution >= 4 is 17.7 Å². The van der Waals surface area contributed by atoms with E-state index in [0.29, 0.717) is 25.9 Å². The Kier molecular flexibility index (Phi) is 4.26. The zero-order valence-corrected chi connectivity index (χ0v) is 10.6. The molecule has 96 valence electrons. The number of carbonyl (C=O) groups is 3. The van der Waals surface area contributed by atoms with E-state index in [1.807, 2.05) is 0 Å². The summed E-state index contributed by atoms with van der Waals surface area (Å²) >= 11 is 0. The van der Waals surface area contributed by atoms with Gasteiger partial charge in [0.25, 0.3) is 0 Å². The molecule has 0 aliphatic carbocycles. The van der Waals surface area contributed by atoms with E-state index in [9.17, 15) is 14.4 Å². The molecule has 0 atom stereocenters. The molecule has 0 unspecified atom stereocenters. The van der Waals surface area contributed by atoms with Crippen LogP contribution in [0.5, 0.6) is 0 Å². The minimum Gasteiger partial charge on any atom is -0.465 e. The van der Waals surface area contributed by atoms with Crippen molar-refractivity contribution < 1.29 is 19.1 Å². The minimum absolute atomic E-state index is 0.0222. The molecular formula is C12H19NO4. The summed E-state index contributed by atoms with van der Waals surface area (Å²) in [5, 5.41) is 0. The molecule has 0 aromatic rings. The summed E-state index contributed by atoms with van der Waals surface area (Å²) in [5.74, 6) is -0.638. The number of hydrogen-bond acceptors (Lipinski definition) is 4. The van der Waals surface area contributed by atoms with Crippen molar-refractivity contribution in [2.45, 2.75) is 33.6 Å². The molecule has 0 saturated carbocycles. The molecule has 1 aliphatic rings. The van der Waals surface area contributed by atoms with E-state index in [1.165, 1.54) is 13.8 Å². The molecule has 0 aromatic carbocycles. The van der Waals surface area contributed by atoms with Crippen molar-refractivity contribution in [3.8, 4) is 0 Å². The van der Waals surface area contributed by atoms with Gasteiger partial charge < -0.3 is 9.64 Å². The second kappa shape index (κ2) is 5.29. The molecule has 5 nitrogen and oxygen atoms in total. The zero-order valence-electron chi connectivity index (χ0n) is 10.6. The maximum absolute atomic E-state index is 11.9. The molecule has 1 fully saturated rings. The molecule has 0 N–H and O–H groups in total. The van der Waals surface area contributed by atoms with Gasteiger partial charge in [-0.25, -0.2) is 0 Å². The van der Waals surface area contributed by atoms with Crippen LogP contribution in [-0.4, -0.2) is 42.3 Å². The molecule has 5 heteroatoms. The van der Waals surface area contributed by atoms with Gasteiger partial charge in [-0.2, -0.15) is 0 Å². The zero-order chi connectivity index (χ0) is 13.1. The fourth-order valence-corrected chi connectivity index (χ4v) is 2.17. The molecule has 0 aromatic heterocycles. The highest BCUT2D eigenvalue weighted by Crippen LogP contribution is 2.34. The number of amides is 1. The number of esters is 1. The minimum atomic E-state index is -1.04. The number of likely N-dealkylation sites (tertiary alicyclic amines) is 1. The quantitative estimate of drug-likeness (QED) is 0.540. The fraction of sp³-hybridized carbons (Fsp3) is 0.750. The number of ether oxygens (including phenoxy) is 1. The highest BCUT2D eigenvalue weighted by molar-refractivity contribution is 6.03. The van der Waals surface area contributed by atoms with Crippen LogP contribution < -0.4 is 0 Å². The molecule has 0 bridgehead atoms. The van der Waals surface area contributed by atoms with Gasteiger partial charge in [0.15, 0.2) is 0 Å². The largest absolute Gasteiger partial charge is 0.465 e. The summed E-state index contributed by atoms with van der Waals surface area (Å²) in [6, 6.07) is 0. The predicted molar refractivity (Wildman–Crippen MR) is 61.2 cm³/mol. The van der Waals surface area contributed by atoms with E-state index in [0.717, 1.165) is 0 Å².